The minimum Gasteiger partial charge on any atom is -0.397 e. The highest BCUT2D eigenvalue weighted by Gasteiger charge is 2.10. The molecule has 0 atom stereocenters. The number of aromatic nitrogens is 3. The van der Waals surface area contributed by atoms with Crippen LogP contribution >= 0.6 is 39.2 Å². The lowest BCUT2D eigenvalue weighted by atomic mass is 10.4. The Balaban J connectivity index is 2.26. The van der Waals surface area contributed by atoms with Crippen molar-refractivity contribution in [3.8, 4) is 0 Å². The molecule has 0 saturated carbocycles. The van der Waals surface area contributed by atoms with Gasteiger partial charge in [-0.05, 0) is 27.5 Å². The van der Waals surface area contributed by atoms with Crippen molar-refractivity contribution in [1.82, 2.24) is 14.3 Å². The molecule has 84 valence electrons. The molecule has 2 N–H and O–H groups in total. The van der Waals surface area contributed by atoms with E-state index in [9.17, 15) is 0 Å². The van der Waals surface area contributed by atoms with Gasteiger partial charge < -0.3 is 5.73 Å². The molecular formula is C9H9BrN4S2. The summed E-state index contributed by atoms with van der Waals surface area (Å²) >= 11 is 6.32. The number of nitrogen functional groups attached to an aromatic ring is 1. The first-order chi connectivity index (χ1) is 7.70. The fourth-order valence-electron chi connectivity index (χ4n) is 1.06. The van der Waals surface area contributed by atoms with E-state index in [1.54, 1.807) is 12.4 Å². The molecule has 0 radical (unpaired) electrons. The third-order valence-electron chi connectivity index (χ3n) is 1.84. The minimum atomic E-state index is 0.646. The molecule has 0 fully saturated rings. The minimum absolute atomic E-state index is 0.646. The van der Waals surface area contributed by atoms with Gasteiger partial charge in [-0.3, -0.25) is 4.98 Å². The van der Waals surface area contributed by atoms with Crippen molar-refractivity contribution >= 4 is 44.9 Å². The third-order valence-corrected chi connectivity index (χ3v) is 4.65. The molecule has 0 aliphatic carbocycles. The van der Waals surface area contributed by atoms with Gasteiger partial charge in [0.05, 0.1) is 21.3 Å². The van der Waals surface area contributed by atoms with Gasteiger partial charge >= 0.3 is 0 Å². The molecule has 0 saturated heterocycles. The largest absolute Gasteiger partial charge is 0.397 e. The summed E-state index contributed by atoms with van der Waals surface area (Å²) in [4.78, 5) is 9.31. The Morgan fingerprint density at radius 3 is 2.94 bits per heavy atom. The molecule has 16 heavy (non-hydrogen) atoms. The van der Waals surface area contributed by atoms with E-state index in [0.717, 1.165) is 26.0 Å². The summed E-state index contributed by atoms with van der Waals surface area (Å²) in [5.74, 6) is 0.872. The second-order valence-corrected chi connectivity index (χ2v) is 5.84. The van der Waals surface area contributed by atoms with Crippen molar-refractivity contribution in [1.29, 1.82) is 0 Å². The molecule has 4 nitrogen and oxygen atoms in total. The Hall–Kier alpha value is -0.660. The molecule has 0 spiro atoms. The summed E-state index contributed by atoms with van der Waals surface area (Å²) in [6.45, 7) is 2.03. The van der Waals surface area contributed by atoms with Crippen molar-refractivity contribution in [3.05, 3.63) is 22.7 Å². The number of hydrogen-bond donors (Lipinski definition) is 1. The van der Waals surface area contributed by atoms with E-state index in [1.807, 2.05) is 6.92 Å². The molecule has 2 aromatic heterocycles. The maximum absolute atomic E-state index is 5.85. The Morgan fingerprint density at radius 2 is 2.31 bits per heavy atom. The highest BCUT2D eigenvalue weighted by Crippen LogP contribution is 2.37. The molecule has 2 aromatic rings. The fourth-order valence-corrected chi connectivity index (χ4v) is 3.30. The van der Waals surface area contributed by atoms with Crippen LogP contribution in [0.4, 0.5) is 5.69 Å². The quantitative estimate of drug-likeness (QED) is 0.943. The topological polar surface area (TPSA) is 64.7 Å². The predicted molar refractivity (Wildman–Crippen MR) is 69.8 cm³/mol. The van der Waals surface area contributed by atoms with Gasteiger partial charge in [0, 0.05) is 12.6 Å². The van der Waals surface area contributed by atoms with Gasteiger partial charge in [-0.25, -0.2) is 4.98 Å². The summed E-state index contributed by atoms with van der Waals surface area (Å²) in [5.41, 5.74) is 6.50. The number of anilines is 1. The summed E-state index contributed by atoms with van der Waals surface area (Å²) in [5, 5.41) is 0. The van der Waals surface area contributed by atoms with E-state index in [2.05, 4.69) is 30.3 Å². The highest BCUT2D eigenvalue weighted by molar-refractivity contribution is 9.10. The first-order valence-electron chi connectivity index (χ1n) is 4.60. The average molecular weight is 317 g/mol. The van der Waals surface area contributed by atoms with Gasteiger partial charge in [0.1, 0.15) is 5.82 Å². The molecule has 0 aliphatic rings. The van der Waals surface area contributed by atoms with Crippen LogP contribution in [0, 0.1) is 0 Å². The molecule has 0 unspecified atom stereocenters. The van der Waals surface area contributed by atoms with Crippen molar-refractivity contribution in [2.24, 2.45) is 0 Å². The highest BCUT2D eigenvalue weighted by atomic mass is 79.9. The van der Waals surface area contributed by atoms with Crippen LogP contribution in [0.5, 0.6) is 0 Å². The smallest absolute Gasteiger partial charge is 0.174 e. The molecule has 2 heterocycles. The summed E-state index contributed by atoms with van der Waals surface area (Å²) < 4.78 is 6.01. The Kier molecular flexibility index (Phi) is 3.78. The van der Waals surface area contributed by atoms with Crippen LogP contribution in [0.2, 0.25) is 0 Å². The summed E-state index contributed by atoms with van der Waals surface area (Å²) in [6, 6.07) is 0. The number of rotatable bonds is 3. The predicted octanol–water partition coefficient (Wildman–Crippen LogP) is 2.99. The van der Waals surface area contributed by atoms with Crippen LogP contribution in [-0.2, 0) is 6.42 Å². The number of hydrogen-bond acceptors (Lipinski definition) is 6. The average Bonchev–Trinajstić information content (AvgIpc) is 2.71. The number of nitrogens with two attached hydrogens (primary N) is 1. The molecule has 7 heteroatoms. The number of nitrogens with zero attached hydrogens (tertiary/aromatic N) is 3. The SMILES string of the molecule is CCc1nsc(Sc2c(N)cncc2Br)n1. The number of aryl methyl sites for hydroxylation is 1. The van der Waals surface area contributed by atoms with Crippen LogP contribution in [0.3, 0.4) is 0 Å². The first-order valence-corrected chi connectivity index (χ1v) is 6.98. The Bertz CT molecular complexity index is 480. The van der Waals surface area contributed by atoms with Gasteiger partial charge in [-0.15, -0.1) is 0 Å². The van der Waals surface area contributed by atoms with Crippen molar-refractivity contribution in [2.75, 3.05) is 5.73 Å². The van der Waals surface area contributed by atoms with E-state index in [-0.39, 0.29) is 0 Å². The zero-order valence-corrected chi connectivity index (χ0v) is 11.7. The third kappa shape index (κ3) is 2.53. The maximum Gasteiger partial charge on any atom is 0.174 e. The maximum atomic E-state index is 5.85. The fraction of sp³-hybridized carbons (Fsp3) is 0.222. The van der Waals surface area contributed by atoms with E-state index >= 15 is 0 Å². The standard InChI is InChI=1S/C9H9BrN4S2/c1-2-7-13-9(16-14-7)15-8-5(10)3-12-4-6(8)11/h3-4H,2,11H2,1H3. The van der Waals surface area contributed by atoms with Crippen LogP contribution in [0.1, 0.15) is 12.7 Å². The van der Waals surface area contributed by atoms with Crippen LogP contribution in [0.25, 0.3) is 0 Å². The molecule has 2 rings (SSSR count). The molecule has 0 aliphatic heterocycles. The normalized spacial score (nSPS) is 10.6. The second kappa shape index (κ2) is 5.11. The van der Waals surface area contributed by atoms with Gasteiger partial charge in [0.25, 0.3) is 0 Å². The first kappa shape index (κ1) is 11.8. The Labute approximate surface area is 110 Å². The summed E-state index contributed by atoms with van der Waals surface area (Å²) in [7, 11) is 0. The van der Waals surface area contributed by atoms with Crippen molar-refractivity contribution in [2.45, 2.75) is 22.6 Å². The monoisotopic (exact) mass is 316 g/mol. The number of pyridine rings is 1. The van der Waals surface area contributed by atoms with Gasteiger partial charge in [-0.1, -0.05) is 18.7 Å². The second-order valence-electron chi connectivity index (χ2n) is 2.97. The van der Waals surface area contributed by atoms with E-state index in [1.165, 1.54) is 23.3 Å². The summed E-state index contributed by atoms with van der Waals surface area (Å²) in [6.07, 6.45) is 4.21. The van der Waals surface area contributed by atoms with Crippen LogP contribution in [-0.4, -0.2) is 14.3 Å². The molecule has 0 bridgehead atoms. The molecular weight excluding hydrogens is 308 g/mol. The van der Waals surface area contributed by atoms with E-state index < -0.39 is 0 Å². The van der Waals surface area contributed by atoms with Gasteiger partial charge in [0.15, 0.2) is 4.34 Å². The Morgan fingerprint density at radius 1 is 1.50 bits per heavy atom. The van der Waals surface area contributed by atoms with Gasteiger partial charge in [0.2, 0.25) is 0 Å². The van der Waals surface area contributed by atoms with Crippen LogP contribution < -0.4 is 5.73 Å². The van der Waals surface area contributed by atoms with Crippen molar-refractivity contribution < 1.29 is 0 Å². The van der Waals surface area contributed by atoms with E-state index in [0.29, 0.717) is 5.69 Å². The zero-order chi connectivity index (χ0) is 11.5. The van der Waals surface area contributed by atoms with Crippen LogP contribution in [0.15, 0.2) is 26.1 Å². The van der Waals surface area contributed by atoms with E-state index in [4.69, 9.17) is 5.73 Å². The lowest BCUT2D eigenvalue weighted by Gasteiger charge is -2.03. The van der Waals surface area contributed by atoms with Crippen molar-refractivity contribution in [3.63, 3.8) is 0 Å². The lowest BCUT2D eigenvalue weighted by molar-refractivity contribution is 0.971. The zero-order valence-electron chi connectivity index (χ0n) is 8.48. The molecule has 0 amide bonds. The number of halogens is 1. The lowest BCUT2D eigenvalue weighted by Crippen LogP contribution is -1.90. The van der Waals surface area contributed by atoms with Gasteiger partial charge in [-0.2, -0.15) is 4.37 Å². The molecule has 0 aromatic carbocycles.